The lowest BCUT2D eigenvalue weighted by Gasteiger charge is -2.33. The van der Waals surface area contributed by atoms with Gasteiger partial charge in [-0.05, 0) is 51.2 Å². The first kappa shape index (κ1) is 20.9. The number of nitrogens with one attached hydrogen (secondary N) is 1. The van der Waals surface area contributed by atoms with E-state index in [1.807, 2.05) is 45.9 Å². The number of hydrogen-bond donors (Lipinski definition) is 2. The van der Waals surface area contributed by atoms with Gasteiger partial charge in [0.2, 0.25) is 5.91 Å². The minimum absolute atomic E-state index is 0.0729. The molecule has 0 radical (unpaired) electrons. The van der Waals surface area contributed by atoms with Crippen LogP contribution in [0.5, 0.6) is 0 Å². The highest BCUT2D eigenvalue weighted by Gasteiger charge is 2.31. The van der Waals surface area contributed by atoms with Crippen LogP contribution in [0.2, 0.25) is 0 Å². The van der Waals surface area contributed by atoms with E-state index in [4.69, 9.17) is 0 Å². The Labute approximate surface area is 160 Å². The fourth-order valence-electron chi connectivity index (χ4n) is 3.64. The van der Waals surface area contributed by atoms with E-state index in [9.17, 15) is 19.5 Å². The van der Waals surface area contributed by atoms with Gasteiger partial charge in [-0.15, -0.1) is 0 Å². The lowest BCUT2D eigenvalue weighted by Crippen LogP contribution is -2.49. The zero-order valence-corrected chi connectivity index (χ0v) is 16.6. The molecule has 2 N–H and O–H groups in total. The Bertz CT molecular complexity index is 694. The number of piperidine rings is 1. The molecular formula is C21H30N2O4. The molecular weight excluding hydrogens is 344 g/mol. The molecule has 148 valence electrons. The summed E-state index contributed by atoms with van der Waals surface area (Å²) in [5.74, 6) is -1.57. The zero-order valence-electron chi connectivity index (χ0n) is 16.6. The van der Waals surface area contributed by atoms with E-state index in [0.29, 0.717) is 31.5 Å². The normalized spacial score (nSPS) is 18.3. The molecule has 1 saturated heterocycles. The Morgan fingerprint density at radius 3 is 2.37 bits per heavy atom. The Balaban J connectivity index is 2.05. The van der Waals surface area contributed by atoms with Gasteiger partial charge in [0.05, 0.1) is 5.92 Å². The van der Waals surface area contributed by atoms with E-state index >= 15 is 0 Å². The van der Waals surface area contributed by atoms with E-state index in [-0.39, 0.29) is 23.7 Å². The molecule has 2 amide bonds. The van der Waals surface area contributed by atoms with Gasteiger partial charge in [-0.1, -0.05) is 31.0 Å². The summed E-state index contributed by atoms with van der Waals surface area (Å²) in [4.78, 5) is 38.5. The van der Waals surface area contributed by atoms with Crippen LogP contribution < -0.4 is 5.32 Å². The fraction of sp³-hybridized carbons (Fsp3) is 0.571. The molecule has 0 spiro atoms. The summed E-state index contributed by atoms with van der Waals surface area (Å²) in [7, 11) is 0. The molecule has 6 nitrogen and oxygen atoms in total. The van der Waals surface area contributed by atoms with Crippen molar-refractivity contribution >= 4 is 17.8 Å². The summed E-state index contributed by atoms with van der Waals surface area (Å²) in [5.41, 5.74) is 2.70. The Kier molecular flexibility index (Phi) is 6.99. The molecule has 1 aromatic rings. The molecule has 1 fully saturated rings. The van der Waals surface area contributed by atoms with Crippen molar-refractivity contribution in [3.8, 4) is 0 Å². The van der Waals surface area contributed by atoms with Crippen molar-refractivity contribution in [3.63, 3.8) is 0 Å². The molecule has 1 aliphatic heterocycles. The Morgan fingerprint density at radius 1 is 1.19 bits per heavy atom. The van der Waals surface area contributed by atoms with Crippen molar-refractivity contribution in [2.75, 3.05) is 13.1 Å². The second kappa shape index (κ2) is 9.02. The summed E-state index contributed by atoms with van der Waals surface area (Å²) in [6.07, 6.45) is 1.78. The third-order valence-electron chi connectivity index (χ3n) is 4.87. The van der Waals surface area contributed by atoms with Crippen LogP contribution in [0.25, 0.3) is 0 Å². The number of aliphatic carboxylic acids is 1. The maximum absolute atomic E-state index is 12.8. The van der Waals surface area contributed by atoms with Gasteiger partial charge in [0, 0.05) is 18.7 Å². The number of carbonyl (C=O) groups excluding carboxylic acids is 2. The number of benzene rings is 1. The van der Waals surface area contributed by atoms with Gasteiger partial charge in [0.15, 0.2) is 0 Å². The largest absolute Gasteiger partial charge is 0.480 e. The summed E-state index contributed by atoms with van der Waals surface area (Å²) in [6.45, 7) is 8.70. The summed E-state index contributed by atoms with van der Waals surface area (Å²) < 4.78 is 0. The SMILES string of the molecule is Cc1cc(C)cc(C(=O)N2CCCC(C(=O)N[C@@H](CC(C)C)C(=O)O)C2)c1. The predicted molar refractivity (Wildman–Crippen MR) is 104 cm³/mol. The first-order valence-electron chi connectivity index (χ1n) is 9.58. The van der Waals surface area contributed by atoms with Gasteiger partial charge in [-0.25, -0.2) is 4.79 Å². The first-order valence-corrected chi connectivity index (χ1v) is 9.58. The maximum Gasteiger partial charge on any atom is 0.326 e. The van der Waals surface area contributed by atoms with Gasteiger partial charge in [0.25, 0.3) is 5.91 Å². The van der Waals surface area contributed by atoms with Crippen molar-refractivity contribution < 1.29 is 19.5 Å². The summed E-state index contributed by atoms with van der Waals surface area (Å²) in [5, 5.41) is 12.0. The van der Waals surface area contributed by atoms with Gasteiger partial charge in [-0.3, -0.25) is 9.59 Å². The molecule has 0 aromatic heterocycles. The number of hydrogen-bond acceptors (Lipinski definition) is 3. The van der Waals surface area contributed by atoms with Gasteiger partial charge in [-0.2, -0.15) is 0 Å². The van der Waals surface area contributed by atoms with Crippen LogP contribution in [0.3, 0.4) is 0 Å². The van der Waals surface area contributed by atoms with Crippen LogP contribution >= 0.6 is 0 Å². The molecule has 1 aromatic carbocycles. The van der Waals surface area contributed by atoms with Gasteiger partial charge in [0.1, 0.15) is 6.04 Å². The fourth-order valence-corrected chi connectivity index (χ4v) is 3.64. The number of carboxylic acid groups (broad SMARTS) is 1. The lowest BCUT2D eigenvalue weighted by atomic mass is 9.95. The molecule has 2 atom stereocenters. The molecule has 1 heterocycles. The molecule has 1 aliphatic rings. The minimum Gasteiger partial charge on any atom is -0.480 e. The highest BCUT2D eigenvalue weighted by molar-refractivity contribution is 5.95. The molecule has 27 heavy (non-hydrogen) atoms. The maximum atomic E-state index is 12.8. The number of amides is 2. The van der Waals surface area contributed by atoms with Crippen LogP contribution in [0.15, 0.2) is 18.2 Å². The Morgan fingerprint density at radius 2 is 1.81 bits per heavy atom. The zero-order chi connectivity index (χ0) is 20.1. The Hall–Kier alpha value is -2.37. The van der Waals surface area contributed by atoms with Gasteiger partial charge >= 0.3 is 5.97 Å². The molecule has 0 aliphatic carbocycles. The number of rotatable bonds is 6. The van der Waals surface area contributed by atoms with E-state index in [1.165, 1.54) is 0 Å². The van der Waals surface area contributed by atoms with Crippen LogP contribution in [0, 0.1) is 25.7 Å². The highest BCUT2D eigenvalue weighted by atomic mass is 16.4. The van der Waals surface area contributed by atoms with Crippen LogP contribution in [0.4, 0.5) is 0 Å². The highest BCUT2D eigenvalue weighted by Crippen LogP contribution is 2.20. The summed E-state index contributed by atoms with van der Waals surface area (Å²) in [6, 6.07) is 4.86. The minimum atomic E-state index is -1.02. The third kappa shape index (κ3) is 5.81. The average molecular weight is 374 g/mol. The number of nitrogens with zero attached hydrogens (tertiary/aromatic N) is 1. The van der Waals surface area contributed by atoms with Crippen molar-refractivity contribution in [1.29, 1.82) is 0 Å². The predicted octanol–water partition coefficient (Wildman–Crippen LogP) is 2.77. The number of aryl methyl sites for hydroxylation is 2. The van der Waals surface area contributed by atoms with Crippen molar-refractivity contribution in [2.45, 2.75) is 53.0 Å². The van der Waals surface area contributed by atoms with Crippen LogP contribution in [0.1, 0.15) is 54.6 Å². The molecule has 1 unspecified atom stereocenters. The molecule has 0 saturated carbocycles. The van der Waals surface area contributed by atoms with Crippen molar-refractivity contribution in [3.05, 3.63) is 34.9 Å². The van der Waals surface area contributed by atoms with Crippen molar-refractivity contribution in [2.24, 2.45) is 11.8 Å². The van der Waals surface area contributed by atoms with E-state index < -0.39 is 12.0 Å². The first-order chi connectivity index (χ1) is 12.7. The van der Waals surface area contributed by atoms with Gasteiger partial charge < -0.3 is 15.3 Å². The standard InChI is InChI=1S/C21H30N2O4/c1-13(2)8-18(21(26)27)22-19(24)16-6-5-7-23(12-16)20(25)17-10-14(3)9-15(4)11-17/h9-11,13,16,18H,5-8,12H2,1-4H3,(H,22,24)(H,26,27)/t16?,18-/m0/s1. The monoisotopic (exact) mass is 374 g/mol. The molecule has 6 heteroatoms. The summed E-state index contributed by atoms with van der Waals surface area (Å²) >= 11 is 0. The molecule has 0 bridgehead atoms. The van der Waals surface area contributed by atoms with Crippen molar-refractivity contribution in [1.82, 2.24) is 10.2 Å². The number of carboxylic acids is 1. The topological polar surface area (TPSA) is 86.7 Å². The van der Waals surface area contributed by atoms with E-state index in [2.05, 4.69) is 5.32 Å². The van der Waals surface area contributed by atoms with Crippen LogP contribution in [-0.2, 0) is 9.59 Å². The number of likely N-dealkylation sites (tertiary alicyclic amines) is 1. The lowest BCUT2D eigenvalue weighted by molar-refractivity contribution is -0.143. The number of carbonyl (C=O) groups is 3. The average Bonchev–Trinajstić information content (AvgIpc) is 2.59. The second-order valence-electron chi connectivity index (χ2n) is 8.00. The second-order valence-corrected chi connectivity index (χ2v) is 8.00. The smallest absolute Gasteiger partial charge is 0.326 e. The van der Waals surface area contributed by atoms with E-state index in [0.717, 1.165) is 17.5 Å². The van der Waals surface area contributed by atoms with Crippen LogP contribution in [-0.4, -0.2) is 46.9 Å². The van der Waals surface area contributed by atoms with E-state index in [1.54, 1.807) is 4.90 Å². The third-order valence-corrected chi connectivity index (χ3v) is 4.87. The molecule has 2 rings (SSSR count). The quantitative estimate of drug-likeness (QED) is 0.802.